The first-order chi connectivity index (χ1) is 18.4. The van der Waals surface area contributed by atoms with Crippen LogP contribution in [-0.4, -0.2) is 41.4 Å². The molecule has 196 valence electrons. The lowest BCUT2D eigenvalue weighted by Gasteiger charge is -2.39. The molecule has 38 heavy (non-hydrogen) atoms. The summed E-state index contributed by atoms with van der Waals surface area (Å²) in [4.78, 5) is 29.2. The average Bonchev–Trinajstić information content (AvgIpc) is 3.15. The third kappa shape index (κ3) is 4.56. The van der Waals surface area contributed by atoms with Crippen molar-refractivity contribution in [3.05, 3.63) is 94.5 Å². The van der Waals surface area contributed by atoms with E-state index in [2.05, 4.69) is 27.7 Å². The van der Waals surface area contributed by atoms with E-state index in [4.69, 9.17) is 16.3 Å². The molecular weight excluding hydrogens is 498 g/mol. The summed E-state index contributed by atoms with van der Waals surface area (Å²) in [5.41, 5.74) is 1.89. The van der Waals surface area contributed by atoms with Crippen LogP contribution in [0.4, 0.5) is 0 Å². The van der Waals surface area contributed by atoms with Gasteiger partial charge in [-0.25, -0.2) is 0 Å². The van der Waals surface area contributed by atoms with Crippen LogP contribution in [0.5, 0.6) is 11.5 Å². The smallest absolute Gasteiger partial charge is 0.239 e. The number of fused-ring (bicyclic) bond motifs is 4. The molecule has 2 fully saturated rings. The lowest BCUT2D eigenvalue weighted by Crippen LogP contribution is -2.52. The summed E-state index contributed by atoms with van der Waals surface area (Å²) in [5.74, 6) is 0.961. The Morgan fingerprint density at radius 2 is 1.50 bits per heavy atom. The number of hydrogen-bond donors (Lipinski definition) is 2. The van der Waals surface area contributed by atoms with Crippen LogP contribution in [0, 0.1) is 0 Å². The third-order valence-electron chi connectivity index (χ3n) is 8.46. The van der Waals surface area contributed by atoms with Gasteiger partial charge in [-0.1, -0.05) is 60.1 Å². The van der Waals surface area contributed by atoms with Gasteiger partial charge in [0, 0.05) is 40.8 Å². The van der Waals surface area contributed by atoms with Crippen molar-refractivity contribution in [2.24, 2.45) is 0 Å². The summed E-state index contributed by atoms with van der Waals surface area (Å²) in [6.45, 7) is 2.75. The van der Waals surface area contributed by atoms with Gasteiger partial charge in [-0.2, -0.15) is 0 Å². The van der Waals surface area contributed by atoms with Crippen LogP contribution in [0.15, 0.2) is 72.8 Å². The molecule has 3 aromatic rings. The SMILES string of the molecule is CC1(C(=O)NCC(=O)NC2C[C@H]3CC[C@@H](C2)N3Cc2ccc(Cl)cc2)c2ccccc2Oc2ccccc21. The number of para-hydroxylation sites is 2. The van der Waals surface area contributed by atoms with Gasteiger partial charge in [0.15, 0.2) is 0 Å². The molecular formula is C31H32ClN3O3. The van der Waals surface area contributed by atoms with Crippen LogP contribution < -0.4 is 15.4 Å². The molecule has 2 N–H and O–H groups in total. The van der Waals surface area contributed by atoms with Crippen LogP contribution in [0.3, 0.4) is 0 Å². The Labute approximate surface area is 228 Å². The van der Waals surface area contributed by atoms with E-state index in [0.29, 0.717) is 23.6 Å². The summed E-state index contributed by atoms with van der Waals surface area (Å²) in [6, 6.07) is 24.3. The third-order valence-corrected chi connectivity index (χ3v) is 8.71. The number of amides is 2. The van der Waals surface area contributed by atoms with Gasteiger partial charge < -0.3 is 15.4 Å². The van der Waals surface area contributed by atoms with Crippen LogP contribution >= 0.6 is 11.6 Å². The molecule has 2 bridgehead atoms. The van der Waals surface area contributed by atoms with E-state index in [1.54, 1.807) is 0 Å². The molecule has 3 heterocycles. The molecule has 2 saturated heterocycles. The monoisotopic (exact) mass is 529 g/mol. The fraction of sp³-hybridized carbons (Fsp3) is 0.355. The van der Waals surface area contributed by atoms with E-state index < -0.39 is 5.41 Å². The second-order valence-corrected chi connectivity index (χ2v) is 11.3. The maximum atomic E-state index is 13.6. The number of hydrogen-bond acceptors (Lipinski definition) is 4. The summed E-state index contributed by atoms with van der Waals surface area (Å²) >= 11 is 6.05. The molecule has 6 nitrogen and oxygen atoms in total. The van der Waals surface area contributed by atoms with E-state index in [-0.39, 0.29) is 24.4 Å². The summed E-state index contributed by atoms with van der Waals surface area (Å²) < 4.78 is 6.06. The van der Waals surface area contributed by atoms with Gasteiger partial charge >= 0.3 is 0 Å². The van der Waals surface area contributed by atoms with E-state index in [1.165, 1.54) is 5.56 Å². The molecule has 3 atom stereocenters. The molecule has 1 unspecified atom stereocenters. The summed E-state index contributed by atoms with van der Waals surface area (Å²) in [7, 11) is 0. The van der Waals surface area contributed by atoms with Gasteiger partial charge in [0.1, 0.15) is 16.9 Å². The zero-order valence-electron chi connectivity index (χ0n) is 21.5. The van der Waals surface area contributed by atoms with Crippen LogP contribution in [0.1, 0.15) is 49.3 Å². The summed E-state index contributed by atoms with van der Waals surface area (Å²) in [5, 5.41) is 6.87. The molecule has 3 aromatic carbocycles. The number of nitrogens with zero attached hydrogens (tertiary/aromatic N) is 1. The number of ether oxygens (including phenoxy) is 1. The Bertz CT molecular complexity index is 1300. The first-order valence-corrected chi connectivity index (χ1v) is 13.7. The predicted octanol–water partition coefficient (Wildman–Crippen LogP) is 5.18. The van der Waals surface area contributed by atoms with Crippen molar-refractivity contribution < 1.29 is 14.3 Å². The van der Waals surface area contributed by atoms with Gasteiger partial charge in [-0.3, -0.25) is 14.5 Å². The van der Waals surface area contributed by atoms with E-state index >= 15 is 0 Å². The molecule has 6 rings (SSSR count). The highest BCUT2D eigenvalue weighted by molar-refractivity contribution is 6.30. The van der Waals surface area contributed by atoms with Crippen molar-refractivity contribution in [3.8, 4) is 11.5 Å². The first kappa shape index (κ1) is 25.0. The van der Waals surface area contributed by atoms with Gasteiger partial charge in [0.25, 0.3) is 0 Å². The van der Waals surface area contributed by atoms with Gasteiger partial charge in [-0.15, -0.1) is 0 Å². The second kappa shape index (κ2) is 10.1. The number of carbonyl (C=O) groups excluding carboxylic acids is 2. The highest BCUT2D eigenvalue weighted by Gasteiger charge is 2.45. The fourth-order valence-corrected chi connectivity index (χ4v) is 6.64. The van der Waals surface area contributed by atoms with Gasteiger partial charge in [0.05, 0.1) is 6.54 Å². The Hall–Kier alpha value is -3.35. The maximum absolute atomic E-state index is 13.6. The quantitative estimate of drug-likeness (QED) is 0.461. The topological polar surface area (TPSA) is 70.7 Å². The molecule has 0 spiro atoms. The van der Waals surface area contributed by atoms with Crippen molar-refractivity contribution >= 4 is 23.4 Å². The lowest BCUT2D eigenvalue weighted by atomic mass is 9.73. The van der Waals surface area contributed by atoms with E-state index in [0.717, 1.165) is 48.4 Å². The number of nitrogens with one attached hydrogen (secondary N) is 2. The minimum Gasteiger partial charge on any atom is -0.457 e. The second-order valence-electron chi connectivity index (χ2n) is 10.8. The molecule has 3 aliphatic rings. The molecule has 0 aromatic heterocycles. The highest BCUT2D eigenvalue weighted by Crippen LogP contribution is 2.47. The minimum absolute atomic E-state index is 0.0556. The molecule has 0 aliphatic carbocycles. The molecule has 7 heteroatoms. The minimum atomic E-state index is -0.960. The van der Waals surface area contributed by atoms with Crippen LogP contribution in [-0.2, 0) is 21.5 Å². The van der Waals surface area contributed by atoms with Crippen molar-refractivity contribution in [1.82, 2.24) is 15.5 Å². The fourth-order valence-electron chi connectivity index (χ4n) is 6.51. The number of piperidine rings is 1. The number of rotatable bonds is 6. The number of benzene rings is 3. The predicted molar refractivity (Wildman–Crippen MR) is 147 cm³/mol. The first-order valence-electron chi connectivity index (χ1n) is 13.4. The van der Waals surface area contributed by atoms with Gasteiger partial charge in [0.2, 0.25) is 11.8 Å². The van der Waals surface area contributed by atoms with Gasteiger partial charge in [-0.05, 0) is 62.4 Å². The molecule has 3 aliphatic heterocycles. The zero-order valence-corrected chi connectivity index (χ0v) is 22.2. The standard InChI is InChI=1S/C31H32ClN3O3/c1-31(25-6-2-4-8-27(25)38-28-9-5-3-7-26(28)31)30(37)33-18-29(36)34-22-16-23-14-15-24(17-22)35(23)19-20-10-12-21(32)13-11-20/h2-13,22-24H,14-19H2,1H3,(H,33,37)(H,34,36)/t22?,23-,24+. The average molecular weight is 530 g/mol. The molecule has 2 amide bonds. The molecule has 0 radical (unpaired) electrons. The van der Waals surface area contributed by atoms with E-state index in [9.17, 15) is 9.59 Å². The number of carbonyl (C=O) groups is 2. The number of halogens is 1. The maximum Gasteiger partial charge on any atom is 0.239 e. The van der Waals surface area contributed by atoms with Crippen molar-refractivity contribution in [2.75, 3.05) is 6.54 Å². The highest BCUT2D eigenvalue weighted by atomic mass is 35.5. The molecule has 0 saturated carbocycles. The Morgan fingerprint density at radius 3 is 2.11 bits per heavy atom. The van der Waals surface area contributed by atoms with E-state index in [1.807, 2.05) is 67.6 Å². The Kier molecular flexibility index (Phi) is 6.62. The van der Waals surface area contributed by atoms with Crippen LogP contribution in [0.2, 0.25) is 5.02 Å². The van der Waals surface area contributed by atoms with Crippen molar-refractivity contribution in [1.29, 1.82) is 0 Å². The normalized spacial score (nSPS) is 23.1. The van der Waals surface area contributed by atoms with Crippen molar-refractivity contribution in [3.63, 3.8) is 0 Å². The zero-order chi connectivity index (χ0) is 26.3. The van der Waals surface area contributed by atoms with Crippen molar-refractivity contribution in [2.45, 2.75) is 62.7 Å². The Balaban J connectivity index is 1.08. The van der Waals surface area contributed by atoms with Crippen LogP contribution in [0.25, 0.3) is 0 Å². The summed E-state index contributed by atoms with van der Waals surface area (Å²) in [6.07, 6.45) is 4.17. The Morgan fingerprint density at radius 1 is 0.921 bits per heavy atom. The largest absolute Gasteiger partial charge is 0.457 e. The lowest BCUT2D eigenvalue weighted by molar-refractivity contribution is -0.129.